The van der Waals surface area contributed by atoms with Gasteiger partial charge in [-0.05, 0) is 48.7 Å². The number of para-hydroxylation sites is 2. The van der Waals surface area contributed by atoms with Crippen LogP contribution in [0.2, 0.25) is 0 Å². The van der Waals surface area contributed by atoms with Gasteiger partial charge in [0.05, 0.1) is 37.4 Å². The second-order valence-corrected chi connectivity index (χ2v) is 10.6. The highest BCUT2D eigenvalue weighted by molar-refractivity contribution is 7.92. The van der Waals surface area contributed by atoms with Gasteiger partial charge in [0.2, 0.25) is 10.0 Å². The van der Waals surface area contributed by atoms with Crippen LogP contribution in [0.1, 0.15) is 22.3 Å². The molecule has 10 heteroatoms. The summed E-state index contributed by atoms with van der Waals surface area (Å²) in [5, 5.41) is 0. The van der Waals surface area contributed by atoms with Crippen LogP contribution in [0.3, 0.4) is 0 Å². The van der Waals surface area contributed by atoms with Gasteiger partial charge in [0, 0.05) is 25.2 Å². The molecule has 3 aliphatic heterocycles. The smallest absolute Gasteiger partial charge is 0.265 e. The normalized spacial score (nSPS) is 20.3. The van der Waals surface area contributed by atoms with Gasteiger partial charge in [-0.3, -0.25) is 13.9 Å². The number of amides is 2. The van der Waals surface area contributed by atoms with E-state index in [-0.39, 0.29) is 18.4 Å². The van der Waals surface area contributed by atoms with Gasteiger partial charge in [0.1, 0.15) is 5.75 Å². The molecule has 2 amide bonds. The predicted octanol–water partition coefficient (Wildman–Crippen LogP) is 1.67. The van der Waals surface area contributed by atoms with Crippen LogP contribution >= 0.6 is 0 Å². The number of nitrogens with zero attached hydrogens (tertiary/aromatic N) is 3. The highest BCUT2D eigenvalue weighted by atomic mass is 32.2. The van der Waals surface area contributed by atoms with E-state index in [1.54, 1.807) is 40.1 Å². The molecule has 2 aromatic carbocycles. The maximum absolute atomic E-state index is 13.7. The van der Waals surface area contributed by atoms with Crippen LogP contribution in [0.15, 0.2) is 42.5 Å². The van der Waals surface area contributed by atoms with Gasteiger partial charge in [-0.25, -0.2) is 8.42 Å². The number of carbonyl (C=O) groups excluding carboxylic acids is 2. The quantitative estimate of drug-likeness (QED) is 0.656. The molecule has 3 aliphatic rings. The first-order valence-corrected chi connectivity index (χ1v) is 13.2. The van der Waals surface area contributed by atoms with Crippen molar-refractivity contribution in [2.24, 2.45) is 0 Å². The minimum absolute atomic E-state index is 0.0958. The SMILES string of the molecule is CS(=O)(=O)N1CCCc2cc(C(=O)N3C[C@H](C(=O)N4CCOCC4)Oc4ccccc43)ccc21. The summed E-state index contributed by atoms with van der Waals surface area (Å²) < 4.78 is 37.1. The van der Waals surface area contributed by atoms with Crippen LogP contribution in [0.25, 0.3) is 0 Å². The van der Waals surface area contributed by atoms with Gasteiger partial charge in [0.15, 0.2) is 6.10 Å². The summed E-state index contributed by atoms with van der Waals surface area (Å²) in [5.41, 5.74) is 2.50. The topological polar surface area (TPSA) is 96.5 Å². The van der Waals surface area contributed by atoms with E-state index in [0.717, 1.165) is 5.56 Å². The number of benzene rings is 2. The fraction of sp³-hybridized carbons (Fsp3) is 0.417. The molecule has 5 rings (SSSR count). The van der Waals surface area contributed by atoms with E-state index in [9.17, 15) is 18.0 Å². The fourth-order valence-electron chi connectivity index (χ4n) is 4.74. The number of hydrogen-bond acceptors (Lipinski definition) is 6. The van der Waals surface area contributed by atoms with Gasteiger partial charge in [0.25, 0.3) is 11.8 Å². The minimum Gasteiger partial charge on any atom is -0.476 e. The molecule has 1 fully saturated rings. The molecule has 0 N–H and O–H groups in total. The molecule has 2 aromatic rings. The van der Waals surface area contributed by atoms with E-state index in [4.69, 9.17) is 9.47 Å². The van der Waals surface area contributed by atoms with Crippen LogP contribution in [-0.4, -0.2) is 76.9 Å². The number of rotatable bonds is 3. The Morgan fingerprint density at radius 3 is 2.53 bits per heavy atom. The summed E-state index contributed by atoms with van der Waals surface area (Å²) in [4.78, 5) is 30.1. The summed E-state index contributed by atoms with van der Waals surface area (Å²) in [6.45, 7) is 2.49. The predicted molar refractivity (Wildman–Crippen MR) is 127 cm³/mol. The summed E-state index contributed by atoms with van der Waals surface area (Å²) in [7, 11) is -3.39. The van der Waals surface area contributed by atoms with E-state index in [1.165, 1.54) is 10.6 Å². The van der Waals surface area contributed by atoms with E-state index in [0.29, 0.717) is 68.4 Å². The van der Waals surface area contributed by atoms with Crippen LogP contribution in [0, 0.1) is 0 Å². The Morgan fingerprint density at radius 2 is 1.76 bits per heavy atom. The van der Waals surface area contributed by atoms with Crippen molar-refractivity contribution in [3.05, 3.63) is 53.6 Å². The standard InChI is InChI=1S/C24H27N3O6S/c1-34(30,31)27-10-4-5-17-15-18(8-9-19(17)27)23(28)26-16-22(24(29)25-11-13-32-14-12-25)33-21-7-3-2-6-20(21)26/h2-3,6-9,15,22H,4-5,10-14,16H2,1H3/t22-/m1/s1. The second-order valence-electron chi connectivity index (χ2n) is 8.71. The molecular weight excluding hydrogens is 458 g/mol. The Balaban J connectivity index is 1.45. The maximum Gasteiger partial charge on any atom is 0.265 e. The minimum atomic E-state index is -3.39. The molecule has 0 saturated carbocycles. The summed E-state index contributed by atoms with van der Waals surface area (Å²) in [6, 6.07) is 12.3. The fourth-order valence-corrected chi connectivity index (χ4v) is 5.73. The van der Waals surface area contributed by atoms with Crippen molar-refractivity contribution >= 4 is 33.2 Å². The van der Waals surface area contributed by atoms with Crippen molar-refractivity contribution < 1.29 is 27.5 Å². The summed E-state index contributed by atoms with van der Waals surface area (Å²) in [6.07, 6.45) is 1.77. The lowest BCUT2D eigenvalue weighted by molar-refractivity contribution is -0.142. The number of sulfonamides is 1. The molecular formula is C24H27N3O6S. The molecule has 0 radical (unpaired) electrons. The van der Waals surface area contributed by atoms with Gasteiger partial charge in [-0.15, -0.1) is 0 Å². The van der Waals surface area contributed by atoms with Gasteiger partial charge >= 0.3 is 0 Å². The van der Waals surface area contributed by atoms with E-state index < -0.39 is 16.1 Å². The summed E-state index contributed by atoms with van der Waals surface area (Å²) in [5.74, 6) is 0.0644. The Kier molecular flexibility index (Phi) is 5.95. The number of morpholine rings is 1. The number of ether oxygens (including phenoxy) is 2. The maximum atomic E-state index is 13.7. The van der Waals surface area contributed by atoms with Crippen LogP contribution < -0.4 is 13.9 Å². The zero-order valence-corrected chi connectivity index (χ0v) is 19.8. The molecule has 0 aromatic heterocycles. The molecule has 180 valence electrons. The Hall–Kier alpha value is -3.11. The first-order chi connectivity index (χ1) is 16.3. The largest absolute Gasteiger partial charge is 0.476 e. The van der Waals surface area contributed by atoms with Crippen LogP contribution in [-0.2, 0) is 26.0 Å². The average Bonchev–Trinajstić information content (AvgIpc) is 2.86. The van der Waals surface area contributed by atoms with Crippen molar-refractivity contribution in [2.45, 2.75) is 18.9 Å². The third kappa shape index (κ3) is 4.23. The molecule has 3 heterocycles. The van der Waals surface area contributed by atoms with Gasteiger partial charge in [-0.1, -0.05) is 12.1 Å². The third-order valence-electron chi connectivity index (χ3n) is 6.42. The van der Waals surface area contributed by atoms with Crippen molar-refractivity contribution in [1.82, 2.24) is 4.90 Å². The van der Waals surface area contributed by atoms with Crippen molar-refractivity contribution in [1.29, 1.82) is 0 Å². The molecule has 0 unspecified atom stereocenters. The molecule has 0 spiro atoms. The zero-order chi connectivity index (χ0) is 23.9. The summed E-state index contributed by atoms with van der Waals surface area (Å²) >= 11 is 0. The monoisotopic (exact) mass is 485 g/mol. The lowest BCUT2D eigenvalue weighted by Gasteiger charge is -2.37. The third-order valence-corrected chi connectivity index (χ3v) is 7.60. The highest BCUT2D eigenvalue weighted by Crippen LogP contribution is 2.36. The molecule has 1 saturated heterocycles. The highest BCUT2D eigenvalue weighted by Gasteiger charge is 2.37. The van der Waals surface area contributed by atoms with E-state index in [2.05, 4.69) is 0 Å². The average molecular weight is 486 g/mol. The first kappa shape index (κ1) is 22.7. The van der Waals surface area contributed by atoms with Crippen molar-refractivity contribution in [3.63, 3.8) is 0 Å². The molecule has 0 bridgehead atoms. The number of anilines is 2. The second kappa shape index (κ2) is 8.92. The van der Waals surface area contributed by atoms with E-state index >= 15 is 0 Å². The number of carbonyl (C=O) groups is 2. The Bertz CT molecular complexity index is 1220. The molecule has 9 nitrogen and oxygen atoms in total. The molecule has 0 aliphatic carbocycles. The Labute approximate surface area is 198 Å². The van der Waals surface area contributed by atoms with Crippen LogP contribution in [0.5, 0.6) is 5.75 Å². The molecule has 1 atom stereocenters. The zero-order valence-electron chi connectivity index (χ0n) is 19.0. The van der Waals surface area contributed by atoms with Crippen LogP contribution in [0.4, 0.5) is 11.4 Å². The lowest BCUT2D eigenvalue weighted by atomic mass is 10.00. The Morgan fingerprint density at radius 1 is 1.00 bits per heavy atom. The number of fused-ring (bicyclic) bond motifs is 2. The van der Waals surface area contributed by atoms with Gasteiger partial charge < -0.3 is 19.3 Å². The van der Waals surface area contributed by atoms with Crippen molar-refractivity contribution in [3.8, 4) is 5.75 Å². The van der Waals surface area contributed by atoms with E-state index in [1.807, 2.05) is 12.1 Å². The molecule has 34 heavy (non-hydrogen) atoms. The lowest BCUT2D eigenvalue weighted by Crippen LogP contribution is -2.54. The number of aryl methyl sites for hydroxylation is 1. The number of hydrogen-bond donors (Lipinski definition) is 0. The van der Waals surface area contributed by atoms with Gasteiger partial charge in [-0.2, -0.15) is 0 Å². The first-order valence-electron chi connectivity index (χ1n) is 11.4. The van der Waals surface area contributed by atoms with Crippen molar-refractivity contribution in [2.75, 3.05) is 54.9 Å².